The zero-order valence-corrected chi connectivity index (χ0v) is 17.7. The molecule has 1 atom stereocenters. The van der Waals surface area contributed by atoms with E-state index >= 15 is 0 Å². The van der Waals surface area contributed by atoms with Gasteiger partial charge in [-0.2, -0.15) is 0 Å². The summed E-state index contributed by atoms with van der Waals surface area (Å²) in [7, 11) is 0. The highest BCUT2D eigenvalue weighted by Crippen LogP contribution is 2.13. The van der Waals surface area contributed by atoms with Crippen LogP contribution < -0.4 is 0 Å². The molecule has 0 rings (SSSR count). The van der Waals surface area contributed by atoms with Crippen molar-refractivity contribution in [3.05, 3.63) is 0 Å². The van der Waals surface area contributed by atoms with E-state index in [2.05, 4.69) is 6.92 Å². The van der Waals surface area contributed by atoms with Crippen molar-refractivity contribution in [3.63, 3.8) is 0 Å². The van der Waals surface area contributed by atoms with Gasteiger partial charge in [0, 0.05) is 12.8 Å². The predicted molar refractivity (Wildman–Crippen MR) is 107 cm³/mol. The maximum absolute atomic E-state index is 11.8. The summed E-state index contributed by atoms with van der Waals surface area (Å²) in [4.78, 5) is 23.4. The van der Waals surface area contributed by atoms with Gasteiger partial charge in [0.1, 0.15) is 6.10 Å². The molecule has 0 fully saturated rings. The third kappa shape index (κ3) is 15.2. The largest absolute Gasteiger partial charge is 0.466 e. The molecule has 0 heterocycles. The van der Waals surface area contributed by atoms with Gasteiger partial charge in [-0.05, 0) is 25.2 Å². The fraction of sp³-hybridized carbons (Fsp3) is 0.909. The van der Waals surface area contributed by atoms with Gasteiger partial charge in [-0.25, -0.2) is 0 Å². The minimum Gasteiger partial charge on any atom is -0.466 e. The van der Waals surface area contributed by atoms with Crippen molar-refractivity contribution < 1.29 is 19.1 Å². The Labute approximate surface area is 161 Å². The Morgan fingerprint density at radius 2 is 1.27 bits per heavy atom. The molecule has 26 heavy (non-hydrogen) atoms. The maximum atomic E-state index is 11.8. The minimum atomic E-state index is -0.211. The lowest BCUT2D eigenvalue weighted by Gasteiger charge is -2.19. The highest BCUT2D eigenvalue weighted by Gasteiger charge is 2.16. The summed E-state index contributed by atoms with van der Waals surface area (Å²) >= 11 is 0. The number of hydrogen-bond acceptors (Lipinski definition) is 4. The summed E-state index contributed by atoms with van der Waals surface area (Å²) in [5.41, 5.74) is 0. The van der Waals surface area contributed by atoms with Crippen molar-refractivity contribution in [2.24, 2.45) is 5.92 Å². The summed E-state index contributed by atoms with van der Waals surface area (Å²) in [6, 6.07) is 0. The molecular formula is C22H42O4. The van der Waals surface area contributed by atoms with E-state index in [1.54, 1.807) is 0 Å². The van der Waals surface area contributed by atoms with Crippen molar-refractivity contribution in [1.82, 2.24) is 0 Å². The Morgan fingerprint density at radius 1 is 0.731 bits per heavy atom. The van der Waals surface area contributed by atoms with E-state index in [0.29, 0.717) is 25.4 Å². The number of rotatable bonds is 17. The van der Waals surface area contributed by atoms with Gasteiger partial charge >= 0.3 is 11.9 Å². The average Bonchev–Trinajstić information content (AvgIpc) is 2.61. The number of carbonyl (C=O) groups excluding carboxylic acids is 2. The van der Waals surface area contributed by atoms with Crippen LogP contribution in [0.1, 0.15) is 111 Å². The standard InChI is InChI=1S/C22H42O4/c1-5-7-8-9-10-11-12-13-14-18-25-21(23)16-15-17-22(24)26-20(6-2)19(3)4/h19-20H,5-18H2,1-4H3. The summed E-state index contributed by atoms with van der Waals surface area (Å²) in [6.45, 7) is 8.85. The Kier molecular flexibility index (Phi) is 16.7. The molecule has 154 valence electrons. The van der Waals surface area contributed by atoms with Crippen LogP contribution in [0.4, 0.5) is 0 Å². The molecule has 0 aromatic rings. The lowest BCUT2D eigenvalue weighted by Crippen LogP contribution is -2.22. The van der Waals surface area contributed by atoms with E-state index < -0.39 is 0 Å². The van der Waals surface area contributed by atoms with Crippen LogP contribution in [-0.4, -0.2) is 24.6 Å². The van der Waals surface area contributed by atoms with Gasteiger partial charge in [0.15, 0.2) is 0 Å². The second kappa shape index (κ2) is 17.4. The van der Waals surface area contributed by atoms with Crippen molar-refractivity contribution in [1.29, 1.82) is 0 Å². The first-order chi connectivity index (χ1) is 12.5. The van der Waals surface area contributed by atoms with Crippen LogP contribution in [0, 0.1) is 5.92 Å². The number of unbranched alkanes of at least 4 members (excludes halogenated alkanes) is 8. The van der Waals surface area contributed by atoms with Crippen molar-refractivity contribution in [2.45, 2.75) is 117 Å². The predicted octanol–water partition coefficient (Wildman–Crippen LogP) is 6.21. The van der Waals surface area contributed by atoms with Gasteiger partial charge in [-0.1, -0.05) is 79.1 Å². The third-order valence-corrected chi connectivity index (χ3v) is 4.70. The molecule has 4 nitrogen and oxygen atoms in total. The molecule has 0 spiro atoms. The molecular weight excluding hydrogens is 328 g/mol. The van der Waals surface area contributed by atoms with Crippen LogP contribution in [-0.2, 0) is 19.1 Å². The molecule has 0 saturated heterocycles. The topological polar surface area (TPSA) is 52.6 Å². The van der Waals surface area contributed by atoms with Crippen LogP contribution in [0.25, 0.3) is 0 Å². The molecule has 0 aromatic heterocycles. The van der Waals surface area contributed by atoms with Crippen LogP contribution in [0.15, 0.2) is 0 Å². The summed E-state index contributed by atoms with van der Waals surface area (Å²) in [5, 5.41) is 0. The summed E-state index contributed by atoms with van der Waals surface area (Å²) in [5.74, 6) is -0.0872. The zero-order valence-electron chi connectivity index (χ0n) is 17.7. The van der Waals surface area contributed by atoms with E-state index in [1.807, 2.05) is 20.8 Å². The van der Waals surface area contributed by atoms with E-state index in [9.17, 15) is 9.59 Å². The Bertz CT molecular complexity index is 352. The van der Waals surface area contributed by atoms with Crippen LogP contribution in [0.5, 0.6) is 0 Å². The highest BCUT2D eigenvalue weighted by molar-refractivity contribution is 5.72. The van der Waals surface area contributed by atoms with Gasteiger partial charge < -0.3 is 9.47 Å². The second-order valence-corrected chi connectivity index (χ2v) is 7.58. The third-order valence-electron chi connectivity index (χ3n) is 4.70. The fourth-order valence-corrected chi connectivity index (χ4v) is 2.97. The van der Waals surface area contributed by atoms with Gasteiger partial charge in [0.2, 0.25) is 0 Å². The fourth-order valence-electron chi connectivity index (χ4n) is 2.97. The quantitative estimate of drug-likeness (QED) is 0.226. The number of ether oxygens (including phenoxy) is 2. The van der Waals surface area contributed by atoms with Crippen LogP contribution >= 0.6 is 0 Å². The summed E-state index contributed by atoms with van der Waals surface area (Å²) < 4.78 is 10.7. The molecule has 0 aliphatic heterocycles. The minimum absolute atomic E-state index is 0.0268. The van der Waals surface area contributed by atoms with Crippen molar-refractivity contribution >= 4 is 11.9 Å². The van der Waals surface area contributed by atoms with E-state index in [0.717, 1.165) is 19.3 Å². The van der Waals surface area contributed by atoms with Crippen molar-refractivity contribution in [3.8, 4) is 0 Å². The molecule has 0 saturated carbocycles. The van der Waals surface area contributed by atoms with Crippen LogP contribution in [0.3, 0.4) is 0 Å². The van der Waals surface area contributed by atoms with Crippen LogP contribution in [0.2, 0.25) is 0 Å². The normalized spacial score (nSPS) is 12.2. The lowest BCUT2D eigenvalue weighted by molar-refractivity contribution is -0.151. The summed E-state index contributed by atoms with van der Waals surface area (Å²) in [6.07, 6.45) is 13.1. The smallest absolute Gasteiger partial charge is 0.306 e. The lowest BCUT2D eigenvalue weighted by atomic mass is 10.1. The molecule has 0 aliphatic rings. The molecule has 0 aliphatic carbocycles. The Balaban J connectivity index is 3.48. The first-order valence-corrected chi connectivity index (χ1v) is 10.9. The molecule has 0 N–H and O–H groups in total. The SMILES string of the molecule is CCCCCCCCCCCOC(=O)CCCC(=O)OC(CC)C(C)C. The van der Waals surface area contributed by atoms with Gasteiger partial charge in [-0.3, -0.25) is 9.59 Å². The van der Waals surface area contributed by atoms with Gasteiger partial charge in [-0.15, -0.1) is 0 Å². The zero-order chi connectivity index (χ0) is 19.6. The number of hydrogen-bond donors (Lipinski definition) is 0. The molecule has 0 bridgehead atoms. The maximum Gasteiger partial charge on any atom is 0.306 e. The second-order valence-electron chi connectivity index (χ2n) is 7.58. The first-order valence-electron chi connectivity index (χ1n) is 10.9. The average molecular weight is 371 g/mol. The van der Waals surface area contributed by atoms with E-state index in [4.69, 9.17) is 9.47 Å². The monoisotopic (exact) mass is 370 g/mol. The first kappa shape index (κ1) is 24.9. The number of esters is 2. The number of carbonyl (C=O) groups is 2. The van der Waals surface area contributed by atoms with E-state index in [1.165, 1.54) is 44.9 Å². The van der Waals surface area contributed by atoms with Gasteiger partial charge in [0.05, 0.1) is 6.61 Å². The van der Waals surface area contributed by atoms with Crippen molar-refractivity contribution in [2.75, 3.05) is 6.61 Å². The van der Waals surface area contributed by atoms with Gasteiger partial charge in [0.25, 0.3) is 0 Å². The molecule has 0 amide bonds. The Morgan fingerprint density at radius 3 is 1.81 bits per heavy atom. The Hall–Kier alpha value is -1.06. The molecule has 4 heteroatoms. The van der Waals surface area contributed by atoms with E-state index in [-0.39, 0.29) is 24.5 Å². The molecule has 1 unspecified atom stereocenters. The molecule has 0 radical (unpaired) electrons. The molecule has 0 aromatic carbocycles. The highest BCUT2D eigenvalue weighted by atomic mass is 16.5.